The van der Waals surface area contributed by atoms with Crippen LogP contribution in [0.2, 0.25) is 0 Å². The molecule has 0 atom stereocenters. The van der Waals surface area contributed by atoms with Gasteiger partial charge in [0.25, 0.3) is 0 Å². The summed E-state index contributed by atoms with van der Waals surface area (Å²) < 4.78 is 14.6. The zero-order chi connectivity index (χ0) is 20.9. The molecule has 0 aliphatic carbocycles. The average molecular weight is 476 g/mol. The maximum atomic E-state index is 14.0. The molecule has 0 saturated heterocycles. The van der Waals surface area contributed by atoms with Crippen LogP contribution in [0.3, 0.4) is 0 Å². The number of allylic oxidation sites excluding steroid dienone is 1. The predicted octanol–water partition coefficient (Wildman–Crippen LogP) is 7.36. The van der Waals surface area contributed by atoms with Crippen molar-refractivity contribution in [3.05, 3.63) is 99.7 Å². The molecule has 0 aliphatic heterocycles. The molecule has 4 rings (SSSR count). The Morgan fingerprint density at radius 1 is 1.00 bits per heavy atom. The first-order valence-corrected chi connectivity index (χ1v) is 10.7. The summed E-state index contributed by atoms with van der Waals surface area (Å²) in [5, 5.41) is 14.9. The highest BCUT2D eigenvalue weighted by Gasteiger charge is 2.10. The van der Waals surface area contributed by atoms with E-state index in [0.29, 0.717) is 20.7 Å². The van der Waals surface area contributed by atoms with Gasteiger partial charge in [0.2, 0.25) is 0 Å². The number of hydrogen-bond acceptors (Lipinski definition) is 4. The molecule has 0 bridgehead atoms. The molecule has 0 radical (unpaired) electrons. The van der Waals surface area contributed by atoms with Crippen LogP contribution in [0.4, 0.5) is 10.1 Å². The summed E-state index contributed by atoms with van der Waals surface area (Å²) in [5.74, 6) is -0.406. The molecular weight excluding hydrogens is 461 g/mol. The van der Waals surface area contributed by atoms with E-state index in [0.717, 1.165) is 22.4 Å². The van der Waals surface area contributed by atoms with Gasteiger partial charge in [0.1, 0.15) is 22.5 Å². The average Bonchev–Trinajstić information content (AvgIpc) is 3.26. The minimum absolute atomic E-state index is 0.291. The zero-order valence-electron chi connectivity index (χ0n) is 15.6. The Hall–Kier alpha value is -3.27. The molecule has 0 saturated carbocycles. The van der Waals surface area contributed by atoms with Crippen molar-refractivity contribution in [1.29, 1.82) is 5.26 Å². The number of halogens is 2. The minimum atomic E-state index is -0.406. The summed E-state index contributed by atoms with van der Waals surface area (Å²) >= 11 is 4.60. The number of aromatic nitrogens is 1. The highest BCUT2D eigenvalue weighted by molar-refractivity contribution is 9.10. The van der Waals surface area contributed by atoms with Crippen LogP contribution in [0, 0.1) is 17.1 Å². The summed E-state index contributed by atoms with van der Waals surface area (Å²) in [4.78, 5) is 4.59. The molecule has 30 heavy (non-hydrogen) atoms. The standard InChI is InChI=1S/C24H15BrFN3S/c25-20-10-11-22(21(26)12-20)28-14-19(13-27)24-29-23(15-30-24)18-8-6-17(7-9-18)16-4-2-1-3-5-16/h1-12,14-15,28H/b19-14+. The second-order valence-corrected chi connectivity index (χ2v) is 8.19. The van der Waals surface area contributed by atoms with Crippen molar-refractivity contribution >= 4 is 38.5 Å². The van der Waals surface area contributed by atoms with Gasteiger partial charge in [-0.2, -0.15) is 5.26 Å². The predicted molar refractivity (Wildman–Crippen MR) is 124 cm³/mol. The van der Waals surface area contributed by atoms with Crippen LogP contribution < -0.4 is 5.32 Å². The van der Waals surface area contributed by atoms with Gasteiger partial charge in [-0.3, -0.25) is 0 Å². The van der Waals surface area contributed by atoms with Gasteiger partial charge >= 0.3 is 0 Å². The van der Waals surface area contributed by atoms with Crippen LogP contribution in [-0.2, 0) is 0 Å². The van der Waals surface area contributed by atoms with Crippen molar-refractivity contribution in [2.75, 3.05) is 5.32 Å². The lowest BCUT2D eigenvalue weighted by Crippen LogP contribution is -1.94. The van der Waals surface area contributed by atoms with E-state index in [2.05, 4.69) is 56.6 Å². The van der Waals surface area contributed by atoms with E-state index in [4.69, 9.17) is 0 Å². The van der Waals surface area contributed by atoms with E-state index in [1.165, 1.54) is 23.6 Å². The Morgan fingerprint density at radius 3 is 2.40 bits per heavy atom. The van der Waals surface area contributed by atoms with Gasteiger partial charge in [-0.25, -0.2) is 9.37 Å². The van der Waals surface area contributed by atoms with Crippen LogP contribution in [0.25, 0.3) is 28.0 Å². The van der Waals surface area contributed by atoms with Crippen molar-refractivity contribution in [1.82, 2.24) is 4.98 Å². The first kappa shape index (κ1) is 20.0. The van der Waals surface area contributed by atoms with E-state index < -0.39 is 5.82 Å². The Balaban J connectivity index is 1.54. The van der Waals surface area contributed by atoms with Gasteiger partial charge in [0.15, 0.2) is 0 Å². The molecule has 0 unspecified atom stereocenters. The lowest BCUT2D eigenvalue weighted by atomic mass is 10.0. The van der Waals surface area contributed by atoms with Crippen molar-refractivity contribution in [2.45, 2.75) is 0 Å². The lowest BCUT2D eigenvalue weighted by Gasteiger charge is -2.04. The number of nitrogens with one attached hydrogen (secondary N) is 1. The quantitative estimate of drug-likeness (QED) is 0.306. The lowest BCUT2D eigenvalue weighted by molar-refractivity contribution is 0.631. The van der Waals surface area contributed by atoms with E-state index in [9.17, 15) is 9.65 Å². The number of benzene rings is 3. The fourth-order valence-electron chi connectivity index (χ4n) is 2.89. The zero-order valence-corrected chi connectivity index (χ0v) is 18.0. The highest BCUT2D eigenvalue weighted by Crippen LogP contribution is 2.28. The Morgan fingerprint density at radius 2 is 1.70 bits per heavy atom. The van der Waals surface area contributed by atoms with E-state index in [1.54, 1.807) is 12.1 Å². The molecule has 3 nitrogen and oxygen atoms in total. The van der Waals surface area contributed by atoms with Gasteiger partial charge in [-0.05, 0) is 29.3 Å². The molecule has 0 fully saturated rings. The maximum absolute atomic E-state index is 14.0. The molecule has 4 aromatic rings. The fraction of sp³-hybridized carbons (Fsp3) is 0. The van der Waals surface area contributed by atoms with Gasteiger partial charge in [-0.1, -0.05) is 70.5 Å². The van der Waals surface area contributed by atoms with Gasteiger partial charge < -0.3 is 5.32 Å². The summed E-state index contributed by atoms with van der Waals surface area (Å²) in [7, 11) is 0. The number of nitrogens with zero attached hydrogens (tertiary/aromatic N) is 2. The van der Waals surface area contributed by atoms with Crippen LogP contribution in [0.1, 0.15) is 5.01 Å². The van der Waals surface area contributed by atoms with E-state index >= 15 is 0 Å². The third-order valence-electron chi connectivity index (χ3n) is 4.45. The number of nitriles is 1. The minimum Gasteiger partial charge on any atom is -0.358 e. The van der Waals surface area contributed by atoms with Gasteiger partial charge in [0.05, 0.1) is 11.4 Å². The molecular formula is C24H15BrFN3S. The summed E-state index contributed by atoms with van der Waals surface area (Å²) in [5.41, 5.74) is 4.69. The third-order valence-corrected chi connectivity index (χ3v) is 5.81. The molecule has 0 aliphatic rings. The van der Waals surface area contributed by atoms with Crippen molar-refractivity contribution < 1.29 is 4.39 Å². The molecule has 1 N–H and O–H groups in total. The smallest absolute Gasteiger partial charge is 0.147 e. The fourth-order valence-corrected chi connectivity index (χ4v) is 4.02. The largest absolute Gasteiger partial charge is 0.358 e. The van der Waals surface area contributed by atoms with Crippen LogP contribution in [0.5, 0.6) is 0 Å². The molecule has 6 heteroatoms. The molecule has 146 valence electrons. The van der Waals surface area contributed by atoms with Gasteiger partial charge in [0, 0.05) is 21.6 Å². The molecule has 0 amide bonds. The Bertz CT molecular complexity index is 1240. The van der Waals surface area contributed by atoms with Crippen LogP contribution >= 0.6 is 27.3 Å². The van der Waals surface area contributed by atoms with Crippen molar-refractivity contribution in [2.24, 2.45) is 0 Å². The normalized spacial score (nSPS) is 11.2. The van der Waals surface area contributed by atoms with Gasteiger partial charge in [-0.15, -0.1) is 11.3 Å². The summed E-state index contributed by atoms with van der Waals surface area (Å²) in [6.07, 6.45) is 1.48. The molecule has 3 aromatic carbocycles. The highest BCUT2D eigenvalue weighted by atomic mass is 79.9. The Labute approximate surface area is 186 Å². The first-order chi connectivity index (χ1) is 14.6. The SMILES string of the molecule is N#C/C(=C\Nc1ccc(Br)cc1F)c1nc(-c2ccc(-c3ccccc3)cc2)cs1. The van der Waals surface area contributed by atoms with Crippen LogP contribution in [0.15, 0.2) is 88.8 Å². The summed E-state index contributed by atoms with van der Waals surface area (Å²) in [6.45, 7) is 0. The number of thiazole rings is 1. The molecule has 1 aromatic heterocycles. The number of hydrogen-bond donors (Lipinski definition) is 1. The topological polar surface area (TPSA) is 48.7 Å². The first-order valence-electron chi connectivity index (χ1n) is 9.07. The molecule has 0 spiro atoms. The second-order valence-electron chi connectivity index (χ2n) is 6.42. The van der Waals surface area contributed by atoms with Crippen molar-refractivity contribution in [3.63, 3.8) is 0 Å². The summed E-state index contributed by atoms with van der Waals surface area (Å²) in [6, 6.07) is 25.1. The van der Waals surface area contributed by atoms with Crippen molar-refractivity contribution in [3.8, 4) is 28.5 Å². The Kier molecular flexibility index (Phi) is 6.03. The maximum Gasteiger partial charge on any atom is 0.147 e. The molecule has 1 heterocycles. The van der Waals surface area contributed by atoms with Crippen LogP contribution in [-0.4, -0.2) is 4.98 Å². The third kappa shape index (κ3) is 4.48. The number of rotatable bonds is 5. The second kappa shape index (κ2) is 9.04. The van der Waals surface area contributed by atoms with E-state index in [-0.39, 0.29) is 0 Å². The number of anilines is 1. The van der Waals surface area contributed by atoms with E-state index in [1.807, 2.05) is 35.7 Å². The monoisotopic (exact) mass is 475 g/mol.